The van der Waals surface area contributed by atoms with E-state index in [1.807, 2.05) is 13.0 Å². The molecule has 9 nitrogen and oxygen atoms in total. The van der Waals surface area contributed by atoms with E-state index in [9.17, 15) is 14.7 Å². The highest BCUT2D eigenvalue weighted by Crippen LogP contribution is 2.42. The summed E-state index contributed by atoms with van der Waals surface area (Å²) in [7, 11) is 1.53. The van der Waals surface area contributed by atoms with Gasteiger partial charge in [0.1, 0.15) is 18.1 Å². The van der Waals surface area contributed by atoms with Crippen LogP contribution in [0.25, 0.3) is 5.76 Å². The van der Waals surface area contributed by atoms with Crippen molar-refractivity contribution >= 4 is 17.4 Å². The first-order valence-electron chi connectivity index (χ1n) is 14.6. The van der Waals surface area contributed by atoms with Gasteiger partial charge in [0.2, 0.25) is 0 Å². The van der Waals surface area contributed by atoms with Gasteiger partial charge < -0.3 is 29.0 Å². The van der Waals surface area contributed by atoms with Crippen molar-refractivity contribution in [2.45, 2.75) is 39.2 Å². The quantitative estimate of drug-likeness (QED) is 0.111. The topological polar surface area (TPSA) is 97.8 Å². The number of aryl methyl sites for hydroxylation is 1. The zero-order chi connectivity index (χ0) is 30.1. The van der Waals surface area contributed by atoms with Crippen LogP contribution in [-0.2, 0) is 14.3 Å². The number of benzene rings is 2. The van der Waals surface area contributed by atoms with Gasteiger partial charge in [-0.15, -0.1) is 0 Å². The Hall–Kier alpha value is -3.82. The van der Waals surface area contributed by atoms with Gasteiger partial charge in [-0.2, -0.15) is 0 Å². The van der Waals surface area contributed by atoms with E-state index in [4.69, 9.17) is 18.9 Å². The summed E-state index contributed by atoms with van der Waals surface area (Å²) in [5, 5.41) is 11.6. The number of methoxy groups -OCH3 is 1. The Morgan fingerprint density at radius 2 is 1.86 bits per heavy atom. The molecule has 1 unspecified atom stereocenters. The lowest BCUT2D eigenvalue weighted by Gasteiger charge is -2.29. The Labute approximate surface area is 248 Å². The van der Waals surface area contributed by atoms with Crippen molar-refractivity contribution in [3.8, 4) is 17.2 Å². The number of likely N-dealkylation sites (tertiary alicyclic amines) is 1. The fourth-order valence-corrected chi connectivity index (χ4v) is 5.34. The van der Waals surface area contributed by atoms with E-state index in [0.717, 1.165) is 38.0 Å². The third kappa shape index (κ3) is 7.14. The van der Waals surface area contributed by atoms with Crippen molar-refractivity contribution in [1.82, 2.24) is 9.80 Å². The predicted molar refractivity (Wildman–Crippen MR) is 161 cm³/mol. The molecule has 226 valence electrons. The van der Waals surface area contributed by atoms with Gasteiger partial charge in [-0.3, -0.25) is 14.5 Å². The van der Waals surface area contributed by atoms with Crippen LogP contribution in [0.2, 0.25) is 0 Å². The number of rotatable bonds is 14. The number of unbranched alkanes of at least 4 members (excludes halogenated alkanes) is 1. The zero-order valence-corrected chi connectivity index (χ0v) is 24.9. The second-order valence-electron chi connectivity index (χ2n) is 10.5. The van der Waals surface area contributed by atoms with Crippen LogP contribution in [0.1, 0.15) is 48.9 Å². The van der Waals surface area contributed by atoms with E-state index in [-0.39, 0.29) is 11.3 Å². The first kappa shape index (κ1) is 31.1. The molecule has 0 aliphatic carbocycles. The number of aliphatic hydroxyl groups excluding tert-OH is 1. The van der Waals surface area contributed by atoms with Crippen LogP contribution < -0.4 is 14.2 Å². The standard InChI is InChI=1S/C33H42N2O7/c1-5-7-18-41-25-10-11-26(23(3)21-25)31(36)29-30(24-9-12-27(42-17-6-2)28(22-24)39-4)35(33(38)32(29)37)14-8-13-34-15-19-40-20-16-34/h6,9-12,21-22,30,36H,2,5,7-8,13-20H2,1,3-4H3/b31-29+. The Bertz CT molecular complexity index is 1300. The Morgan fingerprint density at radius 3 is 2.55 bits per heavy atom. The number of aliphatic hydroxyl groups is 1. The van der Waals surface area contributed by atoms with Gasteiger partial charge in [0.25, 0.3) is 11.7 Å². The summed E-state index contributed by atoms with van der Waals surface area (Å²) in [6.45, 7) is 12.7. The minimum absolute atomic E-state index is 0.0518. The maximum absolute atomic E-state index is 13.6. The Kier molecular flexibility index (Phi) is 11.0. The molecule has 0 radical (unpaired) electrons. The smallest absolute Gasteiger partial charge is 0.295 e. The molecule has 2 aliphatic heterocycles. The minimum atomic E-state index is -0.795. The molecule has 0 bridgehead atoms. The molecule has 2 saturated heterocycles. The maximum Gasteiger partial charge on any atom is 0.295 e. The fourth-order valence-electron chi connectivity index (χ4n) is 5.34. The average molecular weight is 579 g/mol. The van der Waals surface area contributed by atoms with Gasteiger partial charge in [-0.1, -0.05) is 32.1 Å². The fraction of sp³-hybridized carbons (Fsp3) is 0.455. The van der Waals surface area contributed by atoms with Gasteiger partial charge >= 0.3 is 0 Å². The van der Waals surface area contributed by atoms with Crippen molar-refractivity contribution in [2.24, 2.45) is 0 Å². The summed E-state index contributed by atoms with van der Waals surface area (Å²) in [6.07, 6.45) is 4.27. The van der Waals surface area contributed by atoms with E-state index in [1.165, 1.54) is 7.11 Å². The molecule has 2 fully saturated rings. The molecular weight excluding hydrogens is 536 g/mol. The lowest BCUT2D eigenvalue weighted by Crippen LogP contribution is -2.39. The number of ketones is 1. The average Bonchev–Trinajstić information content (AvgIpc) is 3.25. The van der Waals surface area contributed by atoms with Gasteiger partial charge in [-0.05, 0) is 61.2 Å². The molecule has 42 heavy (non-hydrogen) atoms. The van der Waals surface area contributed by atoms with Crippen LogP contribution in [0, 0.1) is 6.92 Å². The van der Waals surface area contributed by atoms with Crippen molar-refractivity contribution in [1.29, 1.82) is 0 Å². The van der Waals surface area contributed by atoms with Gasteiger partial charge in [-0.25, -0.2) is 0 Å². The lowest BCUT2D eigenvalue weighted by molar-refractivity contribution is -0.140. The highest BCUT2D eigenvalue weighted by atomic mass is 16.5. The van der Waals surface area contributed by atoms with Crippen LogP contribution in [-0.4, -0.2) is 86.3 Å². The summed E-state index contributed by atoms with van der Waals surface area (Å²) in [5.41, 5.74) is 1.91. The molecule has 9 heteroatoms. The minimum Gasteiger partial charge on any atom is -0.507 e. The lowest BCUT2D eigenvalue weighted by atomic mass is 9.93. The Morgan fingerprint density at radius 1 is 1.07 bits per heavy atom. The predicted octanol–water partition coefficient (Wildman–Crippen LogP) is 4.89. The molecule has 0 spiro atoms. The van der Waals surface area contributed by atoms with Crippen molar-refractivity contribution in [2.75, 3.05) is 59.7 Å². The number of ether oxygens (including phenoxy) is 4. The van der Waals surface area contributed by atoms with Crippen LogP contribution in [0.4, 0.5) is 0 Å². The van der Waals surface area contributed by atoms with Gasteiger partial charge in [0.15, 0.2) is 11.5 Å². The van der Waals surface area contributed by atoms with E-state index < -0.39 is 17.7 Å². The molecule has 2 aliphatic rings. The van der Waals surface area contributed by atoms with Crippen LogP contribution in [0.3, 0.4) is 0 Å². The van der Waals surface area contributed by atoms with Crippen LogP contribution in [0.15, 0.2) is 54.6 Å². The molecule has 1 amide bonds. The summed E-state index contributed by atoms with van der Waals surface area (Å²) in [5.74, 6) is 0.108. The summed E-state index contributed by atoms with van der Waals surface area (Å²) < 4.78 is 22.6. The normalized spacial score (nSPS) is 18.7. The van der Waals surface area contributed by atoms with Crippen molar-refractivity contribution in [3.05, 3.63) is 71.3 Å². The van der Waals surface area contributed by atoms with Crippen LogP contribution >= 0.6 is 0 Å². The number of Topliss-reactive ketones (excluding diaryl/α,β-unsaturated/α-hetero) is 1. The zero-order valence-electron chi connectivity index (χ0n) is 24.9. The van der Waals surface area contributed by atoms with Crippen molar-refractivity contribution in [3.63, 3.8) is 0 Å². The number of hydrogen-bond acceptors (Lipinski definition) is 8. The molecule has 2 aromatic rings. The molecule has 0 aromatic heterocycles. The summed E-state index contributed by atoms with van der Waals surface area (Å²) in [6, 6.07) is 9.87. The van der Waals surface area contributed by atoms with E-state index in [0.29, 0.717) is 67.8 Å². The number of hydrogen-bond donors (Lipinski definition) is 1. The monoisotopic (exact) mass is 578 g/mol. The molecular formula is C33H42N2O7. The SMILES string of the molecule is C=CCOc1ccc(C2/C(=C(\O)c3ccc(OCCCC)cc3C)C(=O)C(=O)N2CCCN2CCOCC2)cc1OC. The van der Waals surface area contributed by atoms with Crippen molar-refractivity contribution < 1.29 is 33.6 Å². The molecule has 2 aromatic carbocycles. The third-order valence-electron chi connectivity index (χ3n) is 7.60. The molecule has 1 N–H and O–H groups in total. The number of carbonyl (C=O) groups excluding carboxylic acids is 2. The van der Waals surface area contributed by atoms with E-state index in [2.05, 4.69) is 18.4 Å². The second-order valence-corrected chi connectivity index (χ2v) is 10.5. The number of amides is 1. The molecule has 4 rings (SSSR count). The highest BCUT2D eigenvalue weighted by Gasteiger charge is 2.46. The number of nitrogens with zero attached hydrogens (tertiary/aromatic N) is 2. The largest absolute Gasteiger partial charge is 0.507 e. The van der Waals surface area contributed by atoms with Gasteiger partial charge in [0.05, 0.1) is 38.5 Å². The number of morpholine rings is 1. The summed E-state index contributed by atoms with van der Waals surface area (Å²) in [4.78, 5) is 30.9. The summed E-state index contributed by atoms with van der Waals surface area (Å²) >= 11 is 0. The highest BCUT2D eigenvalue weighted by molar-refractivity contribution is 6.46. The first-order chi connectivity index (χ1) is 20.4. The third-order valence-corrected chi connectivity index (χ3v) is 7.60. The number of carbonyl (C=O) groups is 2. The molecule has 2 heterocycles. The molecule has 1 atom stereocenters. The second kappa shape index (κ2) is 14.9. The van der Waals surface area contributed by atoms with Gasteiger partial charge in [0, 0.05) is 31.7 Å². The van der Waals surface area contributed by atoms with Crippen LogP contribution in [0.5, 0.6) is 17.2 Å². The Balaban J connectivity index is 1.71. The maximum atomic E-state index is 13.6. The molecule has 0 saturated carbocycles. The first-order valence-corrected chi connectivity index (χ1v) is 14.6. The van der Waals surface area contributed by atoms with E-state index in [1.54, 1.807) is 41.3 Å². The van der Waals surface area contributed by atoms with E-state index >= 15 is 0 Å².